The summed E-state index contributed by atoms with van der Waals surface area (Å²) in [6, 6.07) is 28.0. The Balaban J connectivity index is 1.45. The molecule has 5 rings (SSSR count). The zero-order chi connectivity index (χ0) is 25.8. The molecule has 1 amide bonds. The first-order valence-corrected chi connectivity index (χ1v) is 12.8. The third-order valence-corrected chi connectivity index (χ3v) is 7.00. The predicted octanol–water partition coefficient (Wildman–Crippen LogP) is 4.44. The van der Waals surface area contributed by atoms with E-state index in [4.69, 9.17) is 5.73 Å². The van der Waals surface area contributed by atoms with Crippen molar-refractivity contribution in [2.75, 3.05) is 18.5 Å². The summed E-state index contributed by atoms with van der Waals surface area (Å²) in [5.74, 6) is -0.235. The highest BCUT2D eigenvalue weighted by Crippen LogP contribution is 2.35. The molecule has 2 heterocycles. The summed E-state index contributed by atoms with van der Waals surface area (Å²) in [5, 5.41) is 17.7. The van der Waals surface area contributed by atoms with E-state index in [9.17, 15) is 9.90 Å². The summed E-state index contributed by atoms with van der Waals surface area (Å²) in [6.45, 7) is 3.34. The number of nitrogens with one attached hydrogen (secondary N) is 1. The summed E-state index contributed by atoms with van der Waals surface area (Å²) in [6.07, 6.45) is 2.03. The molecular weight excluding hydrogens is 462 g/mol. The number of aliphatic hydroxyl groups is 1. The smallest absolute Gasteiger partial charge is 0.274 e. The van der Waals surface area contributed by atoms with Gasteiger partial charge in [-0.1, -0.05) is 54.6 Å². The predicted molar refractivity (Wildman–Crippen MR) is 146 cm³/mol. The van der Waals surface area contributed by atoms with Crippen molar-refractivity contribution in [1.82, 2.24) is 14.7 Å². The number of anilines is 1. The van der Waals surface area contributed by atoms with Crippen LogP contribution in [-0.4, -0.2) is 44.9 Å². The number of likely N-dealkylation sites (tertiary alicyclic amines) is 1. The molecule has 1 aliphatic rings. The summed E-state index contributed by atoms with van der Waals surface area (Å²) in [7, 11) is 0. The number of carbonyl (C=O) groups excluding carboxylic acids is 1. The minimum absolute atomic E-state index is 0.00974. The second-order valence-corrected chi connectivity index (χ2v) is 9.57. The van der Waals surface area contributed by atoms with Gasteiger partial charge in [-0.25, -0.2) is 4.68 Å². The van der Waals surface area contributed by atoms with Crippen LogP contribution in [0.3, 0.4) is 0 Å². The molecule has 4 aromatic rings. The Morgan fingerprint density at radius 2 is 1.84 bits per heavy atom. The first kappa shape index (κ1) is 24.9. The van der Waals surface area contributed by atoms with Crippen LogP contribution in [0.2, 0.25) is 0 Å². The van der Waals surface area contributed by atoms with Gasteiger partial charge in [-0.2, -0.15) is 5.10 Å². The van der Waals surface area contributed by atoms with Crippen LogP contribution in [0.25, 0.3) is 5.69 Å². The summed E-state index contributed by atoms with van der Waals surface area (Å²) in [5.41, 5.74) is 11.7. The summed E-state index contributed by atoms with van der Waals surface area (Å²) in [4.78, 5) is 15.8. The fourth-order valence-corrected chi connectivity index (χ4v) is 5.26. The molecule has 190 valence electrons. The van der Waals surface area contributed by atoms with Gasteiger partial charge in [0.25, 0.3) is 5.91 Å². The average molecular weight is 496 g/mol. The van der Waals surface area contributed by atoms with Crippen LogP contribution < -0.4 is 11.1 Å². The maximum atomic E-state index is 13.4. The molecule has 1 aromatic heterocycles. The zero-order valence-electron chi connectivity index (χ0n) is 21.0. The lowest BCUT2D eigenvalue weighted by molar-refractivity contribution is 0.101. The Kier molecular flexibility index (Phi) is 7.46. The molecule has 3 aromatic carbocycles. The molecule has 4 N–H and O–H groups in total. The number of nitrogens with two attached hydrogens (primary N) is 1. The van der Waals surface area contributed by atoms with Crippen molar-refractivity contribution in [3.63, 3.8) is 0 Å². The van der Waals surface area contributed by atoms with E-state index in [1.54, 1.807) is 10.7 Å². The first-order chi connectivity index (χ1) is 18.1. The molecule has 2 atom stereocenters. The van der Waals surface area contributed by atoms with Crippen molar-refractivity contribution in [1.29, 1.82) is 0 Å². The van der Waals surface area contributed by atoms with Crippen molar-refractivity contribution in [2.24, 2.45) is 5.73 Å². The number of aromatic nitrogens is 2. The van der Waals surface area contributed by atoms with Crippen LogP contribution in [0.4, 0.5) is 5.69 Å². The molecule has 1 fully saturated rings. The van der Waals surface area contributed by atoms with Gasteiger partial charge in [0.2, 0.25) is 0 Å². The Labute approximate surface area is 217 Å². The van der Waals surface area contributed by atoms with Gasteiger partial charge in [0.05, 0.1) is 24.0 Å². The van der Waals surface area contributed by atoms with E-state index in [-0.39, 0.29) is 24.6 Å². The van der Waals surface area contributed by atoms with E-state index in [0.29, 0.717) is 17.9 Å². The molecular formula is C30H33N5O2. The standard InChI is InChI=1S/C30H33N5O2/c1-21-16-28(35(33-21)26-13-5-8-22(17-26)19-31)30(37)32-25-12-6-11-24(18-25)29(23-9-3-2-4-10-23)34-15-7-14-27(34)20-36/h2-6,8-13,16-18,27,29,36H,7,14-15,19-20,31H2,1H3,(H,32,37). The monoisotopic (exact) mass is 495 g/mol. The third kappa shape index (κ3) is 5.34. The number of rotatable bonds is 8. The fraction of sp³-hybridized carbons (Fsp3) is 0.267. The quantitative estimate of drug-likeness (QED) is 0.336. The maximum Gasteiger partial charge on any atom is 0.274 e. The molecule has 7 heteroatoms. The lowest BCUT2D eigenvalue weighted by Gasteiger charge is -2.33. The maximum absolute atomic E-state index is 13.4. The third-order valence-electron chi connectivity index (χ3n) is 7.00. The van der Waals surface area contributed by atoms with Crippen molar-refractivity contribution in [3.8, 4) is 5.69 Å². The first-order valence-electron chi connectivity index (χ1n) is 12.8. The van der Waals surface area contributed by atoms with Crippen LogP contribution in [0.1, 0.15) is 51.8 Å². The van der Waals surface area contributed by atoms with Gasteiger partial charge in [-0.05, 0) is 73.3 Å². The second kappa shape index (κ2) is 11.1. The number of carbonyl (C=O) groups is 1. The number of benzene rings is 3. The van der Waals surface area contributed by atoms with Crippen molar-refractivity contribution >= 4 is 11.6 Å². The Morgan fingerprint density at radius 3 is 2.62 bits per heavy atom. The van der Waals surface area contributed by atoms with Gasteiger partial charge in [0.1, 0.15) is 5.69 Å². The average Bonchev–Trinajstić information content (AvgIpc) is 3.56. The lowest BCUT2D eigenvalue weighted by atomic mass is 9.96. The molecule has 0 saturated carbocycles. The number of aryl methyl sites for hydroxylation is 1. The molecule has 2 unspecified atom stereocenters. The fourth-order valence-electron chi connectivity index (χ4n) is 5.26. The lowest BCUT2D eigenvalue weighted by Crippen LogP contribution is -2.36. The molecule has 37 heavy (non-hydrogen) atoms. The van der Waals surface area contributed by atoms with Gasteiger partial charge < -0.3 is 16.2 Å². The van der Waals surface area contributed by atoms with Gasteiger partial charge in [-0.15, -0.1) is 0 Å². The van der Waals surface area contributed by atoms with E-state index in [1.165, 1.54) is 5.56 Å². The van der Waals surface area contributed by atoms with Crippen molar-refractivity contribution < 1.29 is 9.90 Å². The molecule has 1 aliphatic heterocycles. The minimum Gasteiger partial charge on any atom is -0.395 e. The Hall–Kier alpha value is -3.78. The number of hydrogen-bond donors (Lipinski definition) is 3. The molecule has 0 radical (unpaired) electrons. The summed E-state index contributed by atoms with van der Waals surface area (Å²) < 4.78 is 1.66. The highest BCUT2D eigenvalue weighted by Gasteiger charge is 2.32. The van der Waals surface area contributed by atoms with E-state index in [2.05, 4.69) is 33.5 Å². The number of aliphatic hydroxyl groups excluding tert-OH is 1. The van der Waals surface area contributed by atoms with Crippen LogP contribution in [0.5, 0.6) is 0 Å². The SMILES string of the molecule is Cc1cc(C(=O)Nc2cccc(C(c3ccccc3)N3CCCC3CO)c2)n(-c2cccc(CN)c2)n1. The molecule has 0 spiro atoms. The van der Waals surface area contributed by atoms with Crippen LogP contribution >= 0.6 is 0 Å². The van der Waals surface area contributed by atoms with E-state index in [0.717, 1.165) is 41.9 Å². The second-order valence-electron chi connectivity index (χ2n) is 9.57. The highest BCUT2D eigenvalue weighted by molar-refractivity contribution is 6.03. The van der Waals surface area contributed by atoms with Gasteiger partial charge in [-0.3, -0.25) is 9.69 Å². The normalized spacial score (nSPS) is 16.6. The highest BCUT2D eigenvalue weighted by atomic mass is 16.3. The number of nitrogens with zero attached hydrogens (tertiary/aromatic N) is 3. The Morgan fingerprint density at radius 1 is 1.05 bits per heavy atom. The molecule has 7 nitrogen and oxygen atoms in total. The molecule has 0 bridgehead atoms. The van der Waals surface area contributed by atoms with Gasteiger partial charge >= 0.3 is 0 Å². The number of amides is 1. The van der Waals surface area contributed by atoms with E-state index >= 15 is 0 Å². The Bertz CT molecular complexity index is 1370. The van der Waals surface area contributed by atoms with E-state index < -0.39 is 0 Å². The van der Waals surface area contributed by atoms with Gasteiger partial charge in [0, 0.05) is 18.3 Å². The topological polar surface area (TPSA) is 96.4 Å². The largest absolute Gasteiger partial charge is 0.395 e. The summed E-state index contributed by atoms with van der Waals surface area (Å²) >= 11 is 0. The van der Waals surface area contributed by atoms with Crippen LogP contribution in [-0.2, 0) is 6.54 Å². The van der Waals surface area contributed by atoms with Gasteiger partial charge in [0.15, 0.2) is 0 Å². The molecule has 1 saturated heterocycles. The number of hydrogen-bond acceptors (Lipinski definition) is 5. The van der Waals surface area contributed by atoms with Crippen molar-refractivity contribution in [3.05, 3.63) is 113 Å². The van der Waals surface area contributed by atoms with E-state index in [1.807, 2.05) is 67.6 Å². The molecule has 0 aliphatic carbocycles. The van der Waals surface area contributed by atoms with Crippen LogP contribution in [0.15, 0.2) is 84.9 Å². The van der Waals surface area contributed by atoms with Crippen molar-refractivity contribution in [2.45, 2.75) is 38.4 Å². The van der Waals surface area contributed by atoms with Crippen LogP contribution in [0, 0.1) is 6.92 Å². The minimum atomic E-state index is -0.235. The zero-order valence-corrected chi connectivity index (χ0v) is 21.0.